The molecule has 0 spiro atoms. The lowest BCUT2D eigenvalue weighted by Gasteiger charge is -2.09. The molecule has 0 aliphatic carbocycles. The number of anilines is 2. The third kappa shape index (κ3) is 4.93. The van der Waals surface area contributed by atoms with Crippen molar-refractivity contribution in [3.05, 3.63) is 64.2 Å². The van der Waals surface area contributed by atoms with E-state index in [2.05, 4.69) is 10.6 Å². The van der Waals surface area contributed by atoms with Gasteiger partial charge in [0.25, 0.3) is 5.91 Å². The quantitative estimate of drug-likeness (QED) is 0.639. The molecule has 0 atom stereocenters. The van der Waals surface area contributed by atoms with Gasteiger partial charge in [-0.1, -0.05) is 29.8 Å². The fourth-order valence-electron chi connectivity index (χ4n) is 2.11. The van der Waals surface area contributed by atoms with Gasteiger partial charge >= 0.3 is 0 Å². The Morgan fingerprint density at radius 1 is 1.12 bits per heavy atom. The van der Waals surface area contributed by atoms with E-state index in [0.717, 1.165) is 5.56 Å². The maximum absolute atomic E-state index is 12.3. The van der Waals surface area contributed by atoms with Crippen molar-refractivity contribution < 1.29 is 9.59 Å². The minimum absolute atomic E-state index is 0.0355. The number of carbonyl (C=O) groups excluding carboxylic acids is 2. The van der Waals surface area contributed by atoms with Gasteiger partial charge in [0.05, 0.1) is 0 Å². The first-order valence-electron chi connectivity index (χ1n) is 7.46. The van der Waals surface area contributed by atoms with Crippen LogP contribution < -0.4 is 10.6 Å². The second-order valence-electron chi connectivity index (χ2n) is 5.34. The normalized spacial score (nSPS) is 10.7. The van der Waals surface area contributed by atoms with Crippen molar-refractivity contribution in [2.24, 2.45) is 0 Å². The zero-order valence-electron chi connectivity index (χ0n) is 13.8. The van der Waals surface area contributed by atoms with E-state index in [9.17, 15) is 14.9 Å². The van der Waals surface area contributed by atoms with Gasteiger partial charge in [0.15, 0.2) is 0 Å². The largest absolute Gasteiger partial charge is 0.326 e. The molecule has 0 radical (unpaired) electrons. The molecule has 6 heteroatoms. The molecule has 126 valence electrons. The summed E-state index contributed by atoms with van der Waals surface area (Å²) in [6, 6.07) is 13.9. The smallest absolute Gasteiger partial charge is 0.266 e. The summed E-state index contributed by atoms with van der Waals surface area (Å²) >= 11 is 6.03. The van der Waals surface area contributed by atoms with Crippen LogP contribution in [0.1, 0.15) is 18.1 Å². The molecule has 0 heterocycles. The van der Waals surface area contributed by atoms with Crippen molar-refractivity contribution in [3.8, 4) is 6.07 Å². The van der Waals surface area contributed by atoms with Crippen LogP contribution in [0.25, 0.3) is 6.08 Å². The standard InChI is InChI=1S/C19H16ClN3O2/c1-12-17(20)4-3-5-18(12)23-19(25)15(11-21)10-14-6-8-16(9-7-14)22-13(2)24/h3-10H,1-2H3,(H,22,24)(H,23,25)/b15-10+. The lowest BCUT2D eigenvalue weighted by atomic mass is 10.1. The Hall–Kier alpha value is -3.10. The van der Waals surface area contributed by atoms with Gasteiger partial charge in [0, 0.05) is 23.3 Å². The molecule has 5 nitrogen and oxygen atoms in total. The van der Waals surface area contributed by atoms with E-state index < -0.39 is 5.91 Å². The molecule has 2 rings (SSSR count). The Balaban J connectivity index is 2.19. The molecule has 0 unspecified atom stereocenters. The molecule has 0 fully saturated rings. The maximum Gasteiger partial charge on any atom is 0.266 e. The van der Waals surface area contributed by atoms with Crippen LogP contribution >= 0.6 is 11.6 Å². The Labute approximate surface area is 150 Å². The average Bonchev–Trinajstić information content (AvgIpc) is 2.57. The van der Waals surface area contributed by atoms with Crippen LogP contribution in [0.15, 0.2) is 48.0 Å². The maximum atomic E-state index is 12.3. The van der Waals surface area contributed by atoms with E-state index in [1.165, 1.54) is 13.0 Å². The van der Waals surface area contributed by atoms with Gasteiger partial charge < -0.3 is 10.6 Å². The third-order valence-electron chi connectivity index (χ3n) is 3.42. The zero-order valence-corrected chi connectivity index (χ0v) is 14.5. The zero-order chi connectivity index (χ0) is 18.4. The van der Waals surface area contributed by atoms with E-state index in [4.69, 9.17) is 11.6 Å². The Morgan fingerprint density at radius 3 is 2.40 bits per heavy atom. The number of nitrogens with zero attached hydrogens (tertiary/aromatic N) is 1. The molecule has 0 aromatic heterocycles. The molecule has 2 amide bonds. The SMILES string of the molecule is CC(=O)Nc1ccc(/C=C(\C#N)C(=O)Nc2cccc(Cl)c2C)cc1. The highest BCUT2D eigenvalue weighted by Crippen LogP contribution is 2.23. The van der Waals surface area contributed by atoms with Crippen LogP contribution in [-0.2, 0) is 9.59 Å². The molecule has 2 aromatic carbocycles. The van der Waals surface area contributed by atoms with E-state index in [0.29, 0.717) is 22.0 Å². The van der Waals surface area contributed by atoms with Gasteiger partial charge in [-0.15, -0.1) is 0 Å². The number of halogens is 1. The van der Waals surface area contributed by atoms with E-state index in [1.54, 1.807) is 49.4 Å². The lowest BCUT2D eigenvalue weighted by Crippen LogP contribution is -2.14. The fraction of sp³-hybridized carbons (Fsp3) is 0.105. The van der Waals surface area contributed by atoms with Gasteiger partial charge in [-0.25, -0.2) is 0 Å². The van der Waals surface area contributed by atoms with E-state index in [1.807, 2.05) is 6.07 Å². The number of amides is 2. The Morgan fingerprint density at radius 2 is 1.80 bits per heavy atom. The predicted molar refractivity (Wildman–Crippen MR) is 99.2 cm³/mol. The van der Waals surface area contributed by atoms with Gasteiger partial charge in [-0.3, -0.25) is 9.59 Å². The second-order valence-corrected chi connectivity index (χ2v) is 5.75. The van der Waals surface area contributed by atoms with Gasteiger partial charge in [0.2, 0.25) is 5.91 Å². The first-order chi connectivity index (χ1) is 11.9. The van der Waals surface area contributed by atoms with Crippen LogP contribution in [0, 0.1) is 18.3 Å². The summed E-state index contributed by atoms with van der Waals surface area (Å²) in [7, 11) is 0. The fourth-order valence-corrected chi connectivity index (χ4v) is 2.29. The molecule has 0 aliphatic rings. The molecule has 0 saturated heterocycles. The summed E-state index contributed by atoms with van der Waals surface area (Å²) in [4.78, 5) is 23.3. The summed E-state index contributed by atoms with van der Waals surface area (Å²) in [6.07, 6.45) is 1.48. The van der Waals surface area contributed by atoms with Crippen molar-refractivity contribution in [3.63, 3.8) is 0 Å². The number of hydrogen-bond acceptors (Lipinski definition) is 3. The van der Waals surface area contributed by atoms with Crippen molar-refractivity contribution in [1.29, 1.82) is 5.26 Å². The predicted octanol–water partition coefficient (Wildman–Crippen LogP) is 4.15. The number of nitriles is 1. The van der Waals surface area contributed by atoms with Crippen molar-refractivity contribution >= 4 is 40.9 Å². The van der Waals surface area contributed by atoms with E-state index >= 15 is 0 Å². The monoisotopic (exact) mass is 353 g/mol. The van der Waals surface area contributed by atoms with Gasteiger partial charge in [-0.2, -0.15) is 5.26 Å². The van der Waals surface area contributed by atoms with Crippen LogP contribution in [0.4, 0.5) is 11.4 Å². The number of rotatable bonds is 4. The summed E-state index contributed by atoms with van der Waals surface area (Å²) in [5, 5.41) is 15.1. The number of benzene rings is 2. The van der Waals surface area contributed by atoms with Gasteiger partial charge in [-0.05, 0) is 48.4 Å². The van der Waals surface area contributed by atoms with Crippen molar-refractivity contribution in [2.75, 3.05) is 10.6 Å². The highest BCUT2D eigenvalue weighted by Gasteiger charge is 2.11. The Bertz CT molecular complexity index is 881. The molecule has 25 heavy (non-hydrogen) atoms. The molecular weight excluding hydrogens is 338 g/mol. The van der Waals surface area contributed by atoms with Crippen molar-refractivity contribution in [1.82, 2.24) is 0 Å². The minimum Gasteiger partial charge on any atom is -0.326 e. The molecule has 0 bridgehead atoms. The number of nitrogens with one attached hydrogen (secondary N) is 2. The first-order valence-corrected chi connectivity index (χ1v) is 7.84. The van der Waals surface area contributed by atoms with E-state index in [-0.39, 0.29) is 11.5 Å². The topological polar surface area (TPSA) is 82.0 Å². The number of hydrogen-bond donors (Lipinski definition) is 2. The second kappa shape index (κ2) is 8.13. The molecule has 0 aliphatic heterocycles. The molecule has 0 saturated carbocycles. The van der Waals surface area contributed by atoms with Crippen molar-refractivity contribution in [2.45, 2.75) is 13.8 Å². The third-order valence-corrected chi connectivity index (χ3v) is 3.83. The summed E-state index contributed by atoms with van der Waals surface area (Å²) in [5.41, 5.74) is 2.56. The number of carbonyl (C=O) groups is 2. The molecular formula is C19H16ClN3O2. The summed E-state index contributed by atoms with van der Waals surface area (Å²) < 4.78 is 0. The van der Waals surface area contributed by atoms with Crippen LogP contribution in [0.3, 0.4) is 0 Å². The molecule has 2 N–H and O–H groups in total. The Kier molecular flexibility index (Phi) is 5.93. The van der Waals surface area contributed by atoms with Gasteiger partial charge in [0.1, 0.15) is 11.6 Å². The highest BCUT2D eigenvalue weighted by atomic mass is 35.5. The first kappa shape index (κ1) is 18.2. The summed E-state index contributed by atoms with van der Waals surface area (Å²) in [6.45, 7) is 3.21. The van der Waals surface area contributed by atoms with Crippen LogP contribution in [0.5, 0.6) is 0 Å². The summed E-state index contributed by atoms with van der Waals surface area (Å²) in [5.74, 6) is -0.684. The lowest BCUT2D eigenvalue weighted by molar-refractivity contribution is -0.114. The molecule has 2 aromatic rings. The van der Waals surface area contributed by atoms with Crippen LogP contribution in [0.2, 0.25) is 5.02 Å². The minimum atomic E-state index is -0.515. The highest BCUT2D eigenvalue weighted by molar-refractivity contribution is 6.31. The average molecular weight is 354 g/mol. The van der Waals surface area contributed by atoms with Crippen LogP contribution in [-0.4, -0.2) is 11.8 Å².